The first-order chi connectivity index (χ1) is 8.70. The molecule has 0 aliphatic heterocycles. The zero-order valence-electron chi connectivity index (χ0n) is 12.2. The van der Waals surface area contributed by atoms with Gasteiger partial charge in [0.25, 0.3) is 0 Å². The Morgan fingerprint density at radius 1 is 1.11 bits per heavy atom. The van der Waals surface area contributed by atoms with Gasteiger partial charge in [0.15, 0.2) is 0 Å². The van der Waals surface area contributed by atoms with Gasteiger partial charge in [-0.2, -0.15) is 0 Å². The fourth-order valence-electron chi connectivity index (χ4n) is 2.20. The maximum absolute atomic E-state index is 10.6. The van der Waals surface area contributed by atoms with Crippen molar-refractivity contribution in [2.45, 2.75) is 65.1 Å². The zero-order chi connectivity index (χ0) is 13.9. The van der Waals surface area contributed by atoms with Crippen LogP contribution < -0.4 is 0 Å². The highest BCUT2D eigenvalue weighted by Gasteiger charge is 2.44. The largest absolute Gasteiger partial charge is 0.393 e. The summed E-state index contributed by atoms with van der Waals surface area (Å²) in [6.45, 7) is 9.37. The highest BCUT2D eigenvalue weighted by atomic mass is 28.4. The number of nitrogens with zero attached hydrogens (tertiary/aromatic N) is 1. The third-order valence-electron chi connectivity index (χ3n) is 3.07. The minimum absolute atomic E-state index is 0.119. The number of hydrogen-bond donors (Lipinski definition) is 0. The molecular weight excluding hydrogens is 246 g/mol. The van der Waals surface area contributed by atoms with Crippen LogP contribution in [0.25, 0.3) is 0 Å². The molecule has 4 nitrogen and oxygen atoms in total. The Hall–Kier alpha value is -0.483. The third-order valence-corrected chi connectivity index (χ3v) is 7.04. The molecule has 0 aliphatic rings. The molecule has 0 N–H and O–H groups in total. The van der Waals surface area contributed by atoms with Crippen molar-refractivity contribution < 1.29 is 13.6 Å². The van der Waals surface area contributed by atoms with Crippen molar-refractivity contribution in [2.24, 2.45) is 4.99 Å². The second kappa shape index (κ2) is 10.4. The molecule has 0 rings (SSSR count). The van der Waals surface area contributed by atoms with Crippen molar-refractivity contribution in [2.75, 3.05) is 13.2 Å². The first-order valence-corrected chi connectivity index (χ1v) is 9.15. The lowest BCUT2D eigenvalue weighted by Crippen LogP contribution is -2.52. The summed E-state index contributed by atoms with van der Waals surface area (Å²) in [4.78, 5) is 14.6. The van der Waals surface area contributed by atoms with Crippen LogP contribution in [0.5, 0.6) is 0 Å². The Bertz CT molecular complexity index is 249. The van der Waals surface area contributed by atoms with Gasteiger partial charge in [0, 0.05) is 13.2 Å². The van der Waals surface area contributed by atoms with Crippen LogP contribution in [0.3, 0.4) is 0 Å². The van der Waals surface area contributed by atoms with E-state index in [2.05, 4.69) is 18.8 Å². The van der Waals surface area contributed by atoms with Crippen molar-refractivity contribution >= 4 is 14.6 Å². The molecule has 106 valence electrons. The summed E-state index contributed by atoms with van der Waals surface area (Å²) < 4.78 is 11.8. The molecule has 0 spiro atoms. The predicted molar refractivity (Wildman–Crippen MR) is 75.5 cm³/mol. The molecule has 0 saturated carbocycles. The van der Waals surface area contributed by atoms with Gasteiger partial charge in [-0.15, -0.1) is 0 Å². The molecule has 0 radical (unpaired) electrons. The van der Waals surface area contributed by atoms with E-state index in [4.69, 9.17) is 8.85 Å². The van der Waals surface area contributed by atoms with Crippen LogP contribution in [0, 0.1) is 0 Å². The Morgan fingerprint density at radius 2 is 1.72 bits per heavy atom. The van der Waals surface area contributed by atoms with E-state index in [1.807, 2.05) is 13.8 Å². The summed E-state index contributed by atoms with van der Waals surface area (Å²) in [7, 11) is -2.40. The van der Waals surface area contributed by atoms with Crippen LogP contribution in [0.4, 0.5) is 0 Å². The number of rotatable bonds is 11. The zero-order valence-corrected chi connectivity index (χ0v) is 13.2. The molecule has 0 aromatic carbocycles. The molecule has 0 fully saturated rings. The van der Waals surface area contributed by atoms with Gasteiger partial charge >= 0.3 is 8.56 Å². The molecule has 0 saturated heterocycles. The molecule has 1 atom stereocenters. The first kappa shape index (κ1) is 17.5. The lowest BCUT2D eigenvalue weighted by Gasteiger charge is -2.33. The molecular formula is C13H27NO3Si. The van der Waals surface area contributed by atoms with Crippen LogP contribution >= 0.6 is 0 Å². The number of carbonyl (C=O) groups excluding carboxylic acids is 1. The minimum atomic E-state index is -2.40. The van der Waals surface area contributed by atoms with Crippen molar-refractivity contribution in [1.82, 2.24) is 0 Å². The summed E-state index contributed by atoms with van der Waals surface area (Å²) in [6, 6.07) is 0.816. The van der Waals surface area contributed by atoms with Gasteiger partial charge in [-0.25, -0.2) is 9.79 Å². The smallest absolute Gasteiger partial charge is 0.364 e. The quantitative estimate of drug-likeness (QED) is 0.251. The second-order valence-corrected chi connectivity index (χ2v) is 7.84. The first-order valence-electron chi connectivity index (χ1n) is 7.05. The number of unbranched alkanes of at least 4 members (excludes halogenated alkanes) is 2. The molecule has 0 amide bonds. The molecule has 1 unspecified atom stereocenters. The number of isocyanates is 1. The topological polar surface area (TPSA) is 47.9 Å². The van der Waals surface area contributed by atoms with Crippen LogP contribution in [-0.4, -0.2) is 33.5 Å². The molecule has 0 aromatic heterocycles. The summed E-state index contributed by atoms with van der Waals surface area (Å²) >= 11 is 0. The summed E-state index contributed by atoms with van der Waals surface area (Å²) in [6.07, 6.45) is 5.93. The van der Waals surface area contributed by atoms with E-state index in [1.165, 1.54) is 0 Å². The van der Waals surface area contributed by atoms with E-state index in [-0.39, 0.29) is 5.67 Å². The lowest BCUT2D eigenvalue weighted by molar-refractivity contribution is 0.172. The predicted octanol–water partition coefficient (Wildman–Crippen LogP) is 3.35. The normalized spacial score (nSPS) is 13.1. The fourth-order valence-corrected chi connectivity index (χ4v) is 5.41. The Labute approximate surface area is 112 Å². The summed E-state index contributed by atoms with van der Waals surface area (Å²) in [5.74, 6) is 0. The van der Waals surface area contributed by atoms with Gasteiger partial charge in [0.2, 0.25) is 6.08 Å². The molecule has 0 aromatic rings. The van der Waals surface area contributed by atoms with Gasteiger partial charge in [-0.3, -0.25) is 0 Å². The SMILES string of the molecule is CCCCCC(N=C=O)[Si](CC)(OCC)OCC. The standard InChI is InChI=1S/C13H27NO3Si/c1-5-9-10-11-13(14-12-15)18(8-4,16-6-2)17-7-3/h13H,5-11H2,1-4H3. The maximum atomic E-state index is 10.6. The van der Waals surface area contributed by atoms with E-state index >= 15 is 0 Å². The summed E-state index contributed by atoms with van der Waals surface area (Å²) in [5, 5.41) is 0. The van der Waals surface area contributed by atoms with E-state index in [0.717, 1.165) is 31.7 Å². The van der Waals surface area contributed by atoms with Crippen LogP contribution in [0.1, 0.15) is 53.4 Å². The van der Waals surface area contributed by atoms with E-state index in [0.29, 0.717) is 13.2 Å². The molecule has 18 heavy (non-hydrogen) atoms. The highest BCUT2D eigenvalue weighted by molar-refractivity contribution is 6.69. The molecule has 0 aliphatic carbocycles. The molecule has 0 bridgehead atoms. The average Bonchev–Trinajstić information content (AvgIpc) is 2.37. The van der Waals surface area contributed by atoms with Crippen molar-refractivity contribution in [1.29, 1.82) is 0 Å². The Balaban J connectivity index is 4.87. The number of aliphatic imine (C=N–C) groups is 1. The van der Waals surface area contributed by atoms with Crippen LogP contribution in [0.15, 0.2) is 4.99 Å². The van der Waals surface area contributed by atoms with Gasteiger partial charge in [0.05, 0.1) is 0 Å². The van der Waals surface area contributed by atoms with E-state index < -0.39 is 8.56 Å². The molecule has 0 heterocycles. The van der Waals surface area contributed by atoms with Crippen molar-refractivity contribution in [3.05, 3.63) is 0 Å². The molecule has 5 heteroatoms. The monoisotopic (exact) mass is 273 g/mol. The van der Waals surface area contributed by atoms with Gasteiger partial charge < -0.3 is 8.85 Å². The Kier molecular flexibility index (Phi) is 10.2. The Morgan fingerprint density at radius 3 is 2.11 bits per heavy atom. The average molecular weight is 273 g/mol. The van der Waals surface area contributed by atoms with Crippen molar-refractivity contribution in [3.8, 4) is 0 Å². The van der Waals surface area contributed by atoms with Crippen molar-refractivity contribution in [3.63, 3.8) is 0 Å². The maximum Gasteiger partial charge on any atom is 0.364 e. The van der Waals surface area contributed by atoms with Crippen LogP contribution in [-0.2, 0) is 13.6 Å². The van der Waals surface area contributed by atoms with Crippen LogP contribution in [0.2, 0.25) is 6.04 Å². The number of hydrogen-bond acceptors (Lipinski definition) is 4. The van der Waals surface area contributed by atoms with Gasteiger partial charge in [0.1, 0.15) is 5.67 Å². The van der Waals surface area contributed by atoms with Gasteiger partial charge in [-0.05, 0) is 26.3 Å². The highest BCUT2D eigenvalue weighted by Crippen LogP contribution is 2.24. The lowest BCUT2D eigenvalue weighted by atomic mass is 10.2. The third kappa shape index (κ3) is 5.44. The van der Waals surface area contributed by atoms with Gasteiger partial charge in [-0.1, -0.05) is 33.1 Å². The minimum Gasteiger partial charge on any atom is -0.393 e. The van der Waals surface area contributed by atoms with E-state index in [1.54, 1.807) is 6.08 Å². The summed E-state index contributed by atoms with van der Waals surface area (Å²) in [5.41, 5.74) is -0.119. The van der Waals surface area contributed by atoms with E-state index in [9.17, 15) is 4.79 Å². The fraction of sp³-hybridized carbons (Fsp3) is 0.923. The second-order valence-electron chi connectivity index (χ2n) is 4.26.